The Morgan fingerprint density at radius 2 is 0.872 bits per heavy atom. The van der Waals surface area contributed by atoms with Crippen LogP contribution in [0.2, 0.25) is 0 Å². The highest BCUT2D eigenvalue weighted by Crippen LogP contribution is 2.33. The third kappa shape index (κ3) is 14.6. The van der Waals surface area contributed by atoms with Gasteiger partial charge < -0.3 is 37.9 Å². The molecule has 1 aliphatic rings. The number of rotatable bonds is 30. The van der Waals surface area contributed by atoms with Crippen molar-refractivity contribution in [2.45, 2.75) is 13.1 Å². The minimum atomic E-state index is -0.731. The molecule has 0 fully saturated rings. The van der Waals surface area contributed by atoms with Crippen molar-refractivity contribution in [3.8, 4) is 39.5 Å². The van der Waals surface area contributed by atoms with E-state index in [0.717, 1.165) is 44.2 Å². The van der Waals surface area contributed by atoms with Gasteiger partial charge in [0.2, 0.25) is 0 Å². The quantitative estimate of drug-likeness (QED) is 0.0145. The SMILES string of the molecule is O=Cc1ccc(OCCOCCOCCOc2cccc3c(OCCOCCOCCOC(=O)CN4C(=O)c5c(C[n+]6ccc(-c7ccncc7)cc6)ccc(C[n+]6ccc(-c7ccncc7)cc6)c5C4=O)cccc23)cc1. The molecule has 0 bridgehead atoms. The maximum Gasteiger partial charge on any atom is 0.326 e. The normalized spacial score (nSPS) is 11.9. The summed E-state index contributed by atoms with van der Waals surface area (Å²) in [6.45, 7) is 3.64. The number of aromatic nitrogens is 4. The molecule has 5 heterocycles. The highest BCUT2D eigenvalue weighted by atomic mass is 16.6. The van der Waals surface area contributed by atoms with Gasteiger partial charge in [0, 0.05) is 76.5 Å². The summed E-state index contributed by atoms with van der Waals surface area (Å²) in [4.78, 5) is 61.5. The molecule has 8 aromatic rings. The lowest BCUT2D eigenvalue weighted by atomic mass is 9.97. The number of fused-ring (bicyclic) bond motifs is 2. The van der Waals surface area contributed by atoms with E-state index in [0.29, 0.717) is 99.9 Å². The van der Waals surface area contributed by atoms with Gasteiger partial charge in [-0.1, -0.05) is 36.4 Å². The average Bonchev–Trinajstić information content (AvgIpc) is 3.88. The number of benzene rings is 4. The van der Waals surface area contributed by atoms with Crippen LogP contribution in [0.25, 0.3) is 33.0 Å². The molecule has 17 nitrogen and oxygen atoms in total. The summed E-state index contributed by atoms with van der Waals surface area (Å²) >= 11 is 0. The molecule has 0 atom stereocenters. The molecule has 0 spiro atoms. The third-order valence-electron chi connectivity index (χ3n) is 12.7. The van der Waals surface area contributed by atoms with Crippen molar-refractivity contribution in [3.63, 3.8) is 0 Å². The molecule has 0 unspecified atom stereocenters. The number of aldehydes is 1. The Kier molecular flexibility index (Phi) is 19.3. The van der Waals surface area contributed by atoms with Gasteiger partial charge in [0.15, 0.2) is 37.9 Å². The Hall–Kier alpha value is -8.74. The third-order valence-corrected chi connectivity index (χ3v) is 12.7. The fraction of sp³-hybridized carbons (Fsp3) is 0.246. The van der Waals surface area contributed by atoms with Crippen LogP contribution in [-0.2, 0) is 41.6 Å². The van der Waals surface area contributed by atoms with Gasteiger partial charge in [-0.3, -0.25) is 34.0 Å². The molecule has 1 aliphatic heterocycles. The lowest BCUT2D eigenvalue weighted by molar-refractivity contribution is -0.688. The van der Waals surface area contributed by atoms with Crippen molar-refractivity contribution < 1.29 is 66.2 Å². The summed E-state index contributed by atoms with van der Waals surface area (Å²) < 4.78 is 49.7. The van der Waals surface area contributed by atoms with Crippen LogP contribution < -0.4 is 23.3 Å². The van der Waals surface area contributed by atoms with Gasteiger partial charge in [-0.2, -0.15) is 0 Å². The summed E-state index contributed by atoms with van der Waals surface area (Å²) in [7, 11) is 0. The summed E-state index contributed by atoms with van der Waals surface area (Å²) in [6.07, 6.45) is 15.5. The number of ether oxygens (including phenoxy) is 8. The van der Waals surface area contributed by atoms with Crippen LogP contribution in [0.3, 0.4) is 0 Å². The first-order valence-electron chi connectivity index (χ1n) is 25.6. The number of carbonyl (C=O) groups excluding carboxylic acids is 4. The summed E-state index contributed by atoms with van der Waals surface area (Å²) in [5.41, 5.74) is 6.51. The van der Waals surface area contributed by atoms with Crippen molar-refractivity contribution in [2.24, 2.45) is 0 Å². The molecule has 4 aromatic carbocycles. The molecule has 2 amide bonds. The maximum atomic E-state index is 14.2. The van der Waals surface area contributed by atoms with Gasteiger partial charge in [-0.15, -0.1) is 0 Å². The first-order valence-corrected chi connectivity index (χ1v) is 25.6. The van der Waals surface area contributed by atoms with Crippen molar-refractivity contribution in [1.29, 1.82) is 0 Å². The Morgan fingerprint density at radius 1 is 0.462 bits per heavy atom. The number of imide groups is 1. The van der Waals surface area contributed by atoms with Crippen LogP contribution in [0, 0.1) is 0 Å². The second kappa shape index (κ2) is 27.9. The lowest BCUT2D eigenvalue weighted by Crippen LogP contribution is -2.37. The number of hydrogen-bond acceptors (Lipinski definition) is 14. The van der Waals surface area contributed by atoms with Gasteiger partial charge in [-0.05, 0) is 82.9 Å². The van der Waals surface area contributed by atoms with Crippen molar-refractivity contribution in [2.75, 3.05) is 85.8 Å². The average molecular weight is 1050 g/mol. The Labute approximate surface area is 451 Å². The van der Waals surface area contributed by atoms with Crippen LogP contribution >= 0.6 is 0 Å². The van der Waals surface area contributed by atoms with E-state index in [4.69, 9.17) is 37.9 Å². The smallest absolute Gasteiger partial charge is 0.326 e. The monoisotopic (exact) mass is 1050 g/mol. The molecule has 0 aliphatic carbocycles. The molecule has 0 saturated carbocycles. The highest BCUT2D eigenvalue weighted by molar-refractivity contribution is 6.23. The van der Waals surface area contributed by atoms with Gasteiger partial charge in [-0.25, -0.2) is 9.13 Å². The molecule has 0 N–H and O–H groups in total. The maximum absolute atomic E-state index is 14.2. The summed E-state index contributed by atoms with van der Waals surface area (Å²) in [5.74, 6) is 0.256. The van der Waals surface area contributed by atoms with Crippen LogP contribution in [0.4, 0.5) is 0 Å². The highest BCUT2D eigenvalue weighted by Gasteiger charge is 2.42. The molecular formula is C61H59N5O12+2. The van der Waals surface area contributed by atoms with Gasteiger partial charge in [0.1, 0.15) is 56.5 Å². The van der Waals surface area contributed by atoms with Gasteiger partial charge in [0.05, 0.1) is 64.0 Å². The number of nitrogens with zero attached hydrogens (tertiary/aromatic N) is 5. The number of pyridine rings is 4. The van der Waals surface area contributed by atoms with E-state index in [2.05, 4.69) is 9.97 Å². The summed E-state index contributed by atoms with van der Waals surface area (Å²) in [6, 6.07) is 37.9. The first-order chi connectivity index (χ1) is 38.4. The second-order valence-corrected chi connectivity index (χ2v) is 17.8. The van der Waals surface area contributed by atoms with E-state index in [1.54, 1.807) is 49.1 Å². The van der Waals surface area contributed by atoms with E-state index in [1.165, 1.54) is 0 Å². The van der Waals surface area contributed by atoms with Crippen LogP contribution in [0.1, 0.15) is 42.2 Å². The van der Waals surface area contributed by atoms with Crippen molar-refractivity contribution in [1.82, 2.24) is 14.9 Å². The first kappa shape index (κ1) is 54.1. The molecular weight excluding hydrogens is 995 g/mol. The zero-order chi connectivity index (χ0) is 53.7. The topological polar surface area (TPSA) is 179 Å². The molecule has 17 heteroatoms. The van der Waals surface area contributed by atoms with Crippen LogP contribution in [-0.4, -0.2) is 125 Å². The minimum Gasteiger partial charge on any atom is -0.491 e. The van der Waals surface area contributed by atoms with Gasteiger partial charge in [0.25, 0.3) is 11.8 Å². The van der Waals surface area contributed by atoms with Crippen molar-refractivity contribution in [3.05, 3.63) is 199 Å². The number of esters is 1. The van der Waals surface area contributed by atoms with E-state index in [1.807, 2.05) is 131 Å². The van der Waals surface area contributed by atoms with Crippen LogP contribution in [0.15, 0.2) is 171 Å². The standard InChI is InChI=1S/C61H59N5O12/c67-44-45-7-11-52(12-8-45)75-37-33-71-29-30-72-34-38-76-55-5-1-4-54-53(55)3-2-6-56(54)77-39-35-73-31-32-74-36-40-78-57(68)43-66-60(69)58-50(41-64-25-17-48(18-26-64)46-13-21-62-22-14-46)9-10-51(59(58)61(66)70)42-65-27-19-49(20-28-65)47-15-23-63-24-16-47/h1-28,44H,29-43H2/q+2. The van der Waals surface area contributed by atoms with E-state index in [-0.39, 0.29) is 37.6 Å². The Balaban J connectivity index is 0.685. The number of amides is 2. The largest absolute Gasteiger partial charge is 0.491 e. The molecule has 78 heavy (non-hydrogen) atoms. The van der Waals surface area contributed by atoms with E-state index >= 15 is 0 Å². The number of hydrogen-bond donors (Lipinski definition) is 0. The second-order valence-electron chi connectivity index (χ2n) is 17.8. The molecule has 398 valence electrons. The van der Waals surface area contributed by atoms with Gasteiger partial charge >= 0.3 is 5.97 Å². The van der Waals surface area contributed by atoms with E-state index < -0.39 is 24.3 Å². The Morgan fingerprint density at radius 3 is 1.32 bits per heavy atom. The molecule has 4 aromatic heterocycles. The fourth-order valence-corrected chi connectivity index (χ4v) is 8.76. The predicted molar refractivity (Wildman–Crippen MR) is 286 cm³/mol. The predicted octanol–water partition coefficient (Wildman–Crippen LogP) is 7.19. The fourth-order valence-electron chi connectivity index (χ4n) is 8.76. The molecule has 9 rings (SSSR count). The Bertz CT molecular complexity index is 3130. The molecule has 0 saturated heterocycles. The van der Waals surface area contributed by atoms with Crippen molar-refractivity contribution >= 4 is 34.8 Å². The zero-order valence-corrected chi connectivity index (χ0v) is 43.0. The minimum absolute atomic E-state index is 0.0754. The lowest BCUT2D eigenvalue weighted by Gasteiger charge is -2.14. The van der Waals surface area contributed by atoms with E-state index in [9.17, 15) is 19.2 Å². The summed E-state index contributed by atoms with van der Waals surface area (Å²) in [5, 5.41) is 1.81. The zero-order valence-electron chi connectivity index (χ0n) is 43.0. The van der Waals surface area contributed by atoms with Crippen LogP contribution in [0.5, 0.6) is 17.2 Å². The molecule has 0 radical (unpaired) electrons. The number of carbonyl (C=O) groups is 4.